The highest BCUT2D eigenvalue weighted by Crippen LogP contribution is 2.33. The zero-order valence-corrected chi connectivity index (χ0v) is 18.5. The molecule has 0 saturated carbocycles. The third kappa shape index (κ3) is 4.99. The highest BCUT2D eigenvalue weighted by atomic mass is 32.2. The Bertz CT molecular complexity index is 1390. The van der Waals surface area contributed by atoms with Gasteiger partial charge in [-0.3, -0.25) is 9.52 Å². The number of hydrogen-bond acceptors (Lipinski definition) is 4. The fourth-order valence-corrected chi connectivity index (χ4v) is 4.44. The summed E-state index contributed by atoms with van der Waals surface area (Å²) in [4.78, 5) is 12.4. The van der Waals surface area contributed by atoms with E-state index in [2.05, 4.69) is 10.0 Å². The molecule has 0 bridgehead atoms. The standard InChI is InChI=1S/C25H20F2N2O4S/c26-19-6-9-21(10-7-19)34(32,33)29-22-16-20(8-11-23(22)30)28-24(31)25(27)14-12-18(13-15-25)17-4-2-1-3-5-17/h1-14,16,29-30H,15H2,(H,28,31). The number of phenolic OH excluding ortho intramolecular Hbond substituents is 1. The van der Waals surface area contributed by atoms with Crippen LogP contribution in [0.2, 0.25) is 0 Å². The number of alkyl halides is 1. The van der Waals surface area contributed by atoms with Gasteiger partial charge in [0, 0.05) is 12.1 Å². The number of nitrogens with one attached hydrogen (secondary N) is 2. The molecule has 174 valence electrons. The summed E-state index contributed by atoms with van der Waals surface area (Å²) in [5, 5.41) is 12.5. The van der Waals surface area contributed by atoms with Crippen molar-refractivity contribution in [2.24, 2.45) is 0 Å². The molecule has 1 unspecified atom stereocenters. The number of sulfonamides is 1. The molecule has 3 N–H and O–H groups in total. The summed E-state index contributed by atoms with van der Waals surface area (Å²) in [7, 11) is -4.15. The van der Waals surface area contributed by atoms with E-state index in [0.29, 0.717) is 0 Å². The smallest absolute Gasteiger partial charge is 0.266 e. The maximum Gasteiger partial charge on any atom is 0.266 e. The molecule has 0 heterocycles. The van der Waals surface area contributed by atoms with Crippen LogP contribution in [-0.2, 0) is 14.8 Å². The second-order valence-electron chi connectivity index (χ2n) is 7.67. The Kier molecular flexibility index (Phi) is 6.21. The monoisotopic (exact) mass is 482 g/mol. The largest absolute Gasteiger partial charge is 0.506 e. The van der Waals surface area contributed by atoms with Gasteiger partial charge in [-0.05, 0) is 59.7 Å². The van der Waals surface area contributed by atoms with Gasteiger partial charge in [-0.15, -0.1) is 0 Å². The molecule has 3 aromatic carbocycles. The van der Waals surface area contributed by atoms with E-state index in [1.165, 1.54) is 18.2 Å². The molecule has 6 nitrogen and oxygen atoms in total. The van der Waals surface area contributed by atoms with Crippen LogP contribution in [0.25, 0.3) is 5.57 Å². The van der Waals surface area contributed by atoms with Crippen molar-refractivity contribution in [3.8, 4) is 5.75 Å². The molecule has 0 radical (unpaired) electrons. The van der Waals surface area contributed by atoms with E-state index in [1.54, 1.807) is 6.08 Å². The number of amides is 1. The van der Waals surface area contributed by atoms with Gasteiger partial charge >= 0.3 is 0 Å². The minimum absolute atomic E-state index is 0.0721. The summed E-state index contributed by atoms with van der Waals surface area (Å²) in [5.41, 5.74) is -0.769. The maximum atomic E-state index is 15.3. The van der Waals surface area contributed by atoms with Gasteiger partial charge in [-0.25, -0.2) is 17.2 Å². The molecule has 0 aromatic heterocycles. The van der Waals surface area contributed by atoms with Crippen molar-refractivity contribution >= 4 is 32.9 Å². The third-order valence-corrected chi connectivity index (χ3v) is 6.63. The van der Waals surface area contributed by atoms with Gasteiger partial charge in [-0.1, -0.05) is 42.5 Å². The lowest BCUT2D eigenvalue weighted by molar-refractivity contribution is -0.124. The van der Waals surface area contributed by atoms with Crippen molar-refractivity contribution in [1.82, 2.24) is 0 Å². The fourth-order valence-electron chi connectivity index (χ4n) is 3.38. The molecule has 4 rings (SSSR count). The minimum atomic E-state index is -4.15. The first-order valence-corrected chi connectivity index (χ1v) is 11.7. The second-order valence-corrected chi connectivity index (χ2v) is 9.35. The first-order valence-electron chi connectivity index (χ1n) is 10.2. The normalized spacial score (nSPS) is 17.6. The molecule has 34 heavy (non-hydrogen) atoms. The van der Waals surface area contributed by atoms with Crippen LogP contribution < -0.4 is 10.0 Å². The zero-order valence-electron chi connectivity index (χ0n) is 17.7. The molecule has 0 fully saturated rings. The van der Waals surface area contributed by atoms with Crippen LogP contribution in [0, 0.1) is 5.82 Å². The predicted octanol–water partition coefficient (Wildman–Crippen LogP) is 5.02. The van der Waals surface area contributed by atoms with Gasteiger partial charge in [0.15, 0.2) is 0 Å². The quantitative estimate of drug-likeness (QED) is 0.340. The lowest BCUT2D eigenvalue weighted by atomic mass is 9.90. The Morgan fingerprint density at radius 3 is 2.35 bits per heavy atom. The molecule has 0 aliphatic heterocycles. The van der Waals surface area contributed by atoms with E-state index >= 15 is 4.39 Å². The summed E-state index contributed by atoms with van der Waals surface area (Å²) in [5.74, 6) is -1.95. The molecule has 0 spiro atoms. The van der Waals surface area contributed by atoms with Crippen molar-refractivity contribution in [2.45, 2.75) is 17.0 Å². The minimum Gasteiger partial charge on any atom is -0.506 e. The lowest BCUT2D eigenvalue weighted by Gasteiger charge is -2.23. The molecular weight excluding hydrogens is 462 g/mol. The van der Waals surface area contributed by atoms with Gasteiger partial charge in [0.2, 0.25) is 5.67 Å². The molecule has 1 aliphatic rings. The number of carbonyl (C=O) groups excluding carboxylic acids is 1. The van der Waals surface area contributed by atoms with Crippen LogP contribution in [0.3, 0.4) is 0 Å². The van der Waals surface area contributed by atoms with Gasteiger partial charge in [0.25, 0.3) is 15.9 Å². The van der Waals surface area contributed by atoms with E-state index in [-0.39, 0.29) is 22.7 Å². The number of aromatic hydroxyl groups is 1. The van der Waals surface area contributed by atoms with Crippen LogP contribution in [0.4, 0.5) is 20.2 Å². The van der Waals surface area contributed by atoms with E-state index in [0.717, 1.165) is 47.5 Å². The summed E-state index contributed by atoms with van der Waals surface area (Å²) >= 11 is 0. The summed E-state index contributed by atoms with van der Waals surface area (Å²) in [6.07, 6.45) is 4.18. The number of rotatable bonds is 6. The Labute approximate surface area is 195 Å². The summed E-state index contributed by atoms with van der Waals surface area (Å²) in [6, 6.07) is 17.1. The first kappa shape index (κ1) is 23.2. The Hall–Kier alpha value is -3.98. The number of anilines is 2. The topological polar surface area (TPSA) is 95.5 Å². The Morgan fingerprint density at radius 2 is 1.71 bits per heavy atom. The van der Waals surface area contributed by atoms with Crippen molar-refractivity contribution in [3.05, 3.63) is 102 Å². The highest BCUT2D eigenvalue weighted by molar-refractivity contribution is 7.92. The van der Waals surface area contributed by atoms with Crippen molar-refractivity contribution in [1.29, 1.82) is 0 Å². The maximum absolute atomic E-state index is 15.3. The van der Waals surface area contributed by atoms with E-state index in [4.69, 9.17) is 0 Å². The molecule has 3 aromatic rings. The van der Waals surface area contributed by atoms with Gasteiger partial charge in [-0.2, -0.15) is 0 Å². The summed E-state index contributed by atoms with van der Waals surface area (Å²) < 4.78 is 55.7. The molecule has 0 saturated heterocycles. The molecule has 1 amide bonds. The number of hydrogen-bond donors (Lipinski definition) is 3. The summed E-state index contributed by atoms with van der Waals surface area (Å²) in [6.45, 7) is 0. The average molecular weight is 483 g/mol. The van der Waals surface area contributed by atoms with E-state index in [9.17, 15) is 22.7 Å². The zero-order chi connectivity index (χ0) is 24.3. The van der Waals surface area contributed by atoms with Crippen molar-refractivity contribution < 1.29 is 27.1 Å². The van der Waals surface area contributed by atoms with Gasteiger partial charge in [0.05, 0.1) is 10.6 Å². The van der Waals surface area contributed by atoms with Crippen LogP contribution >= 0.6 is 0 Å². The lowest BCUT2D eigenvalue weighted by Crippen LogP contribution is -2.37. The highest BCUT2D eigenvalue weighted by Gasteiger charge is 2.36. The van der Waals surface area contributed by atoms with E-state index in [1.807, 2.05) is 30.3 Å². The van der Waals surface area contributed by atoms with Crippen LogP contribution in [0.1, 0.15) is 12.0 Å². The second kappa shape index (κ2) is 9.11. The molecule has 1 aliphatic carbocycles. The van der Waals surface area contributed by atoms with E-state index < -0.39 is 33.2 Å². The molecule has 9 heteroatoms. The van der Waals surface area contributed by atoms with Crippen LogP contribution in [-0.4, -0.2) is 25.1 Å². The number of allylic oxidation sites excluding steroid dienone is 3. The first-order chi connectivity index (χ1) is 16.2. The van der Waals surface area contributed by atoms with Crippen LogP contribution in [0.5, 0.6) is 5.75 Å². The fraction of sp³-hybridized carbons (Fsp3) is 0.0800. The average Bonchev–Trinajstić information content (AvgIpc) is 2.82. The van der Waals surface area contributed by atoms with Gasteiger partial charge < -0.3 is 10.4 Å². The molecular formula is C25H20F2N2O4S. The number of phenols is 1. The van der Waals surface area contributed by atoms with Crippen molar-refractivity contribution in [3.63, 3.8) is 0 Å². The Balaban J connectivity index is 1.49. The molecule has 1 atom stereocenters. The SMILES string of the molecule is O=C(Nc1ccc(O)c(NS(=O)(=O)c2ccc(F)cc2)c1)C1(F)C=CC(c2ccccc2)=CC1. The number of benzene rings is 3. The predicted molar refractivity (Wildman–Crippen MR) is 126 cm³/mol. The van der Waals surface area contributed by atoms with Crippen molar-refractivity contribution in [2.75, 3.05) is 10.0 Å². The van der Waals surface area contributed by atoms with Gasteiger partial charge in [0.1, 0.15) is 11.6 Å². The number of halogens is 2. The van der Waals surface area contributed by atoms with Crippen LogP contribution in [0.15, 0.2) is 95.9 Å². The number of carbonyl (C=O) groups is 1. The Morgan fingerprint density at radius 1 is 1.00 bits per heavy atom. The third-order valence-electron chi connectivity index (χ3n) is 5.25.